The highest BCUT2D eigenvalue weighted by molar-refractivity contribution is 5.95. The van der Waals surface area contributed by atoms with E-state index >= 15 is 0 Å². The van der Waals surface area contributed by atoms with Crippen molar-refractivity contribution in [2.75, 3.05) is 13.1 Å². The molecule has 1 N–H and O–H groups in total. The number of hydrogen-bond acceptors (Lipinski definition) is 4. The van der Waals surface area contributed by atoms with Crippen molar-refractivity contribution < 1.29 is 14.1 Å². The topological polar surface area (TPSA) is 75.4 Å². The highest BCUT2D eigenvalue weighted by Crippen LogP contribution is 2.30. The molecule has 1 aromatic rings. The molecule has 1 unspecified atom stereocenters. The smallest absolute Gasteiger partial charge is 0.259 e. The predicted octanol–water partition coefficient (Wildman–Crippen LogP) is 1.26. The summed E-state index contributed by atoms with van der Waals surface area (Å²) in [6.45, 7) is 3.07. The summed E-state index contributed by atoms with van der Waals surface area (Å²) in [6.07, 6.45) is 5.71. The maximum Gasteiger partial charge on any atom is 0.259 e. The quantitative estimate of drug-likeness (QED) is 0.838. The minimum Gasteiger partial charge on any atom is -0.364 e. The highest BCUT2D eigenvalue weighted by atomic mass is 16.5. The molecule has 2 aliphatic heterocycles. The van der Waals surface area contributed by atoms with Gasteiger partial charge in [0.15, 0.2) is 0 Å². The Hall–Kier alpha value is -1.85. The number of aromatic nitrogens is 1. The van der Waals surface area contributed by atoms with Crippen molar-refractivity contribution in [3.63, 3.8) is 0 Å². The van der Waals surface area contributed by atoms with E-state index in [1.54, 1.807) is 6.92 Å². The third-order valence-corrected chi connectivity index (χ3v) is 4.31. The maximum atomic E-state index is 12.5. The van der Waals surface area contributed by atoms with Crippen LogP contribution in [0.5, 0.6) is 0 Å². The van der Waals surface area contributed by atoms with E-state index in [0.717, 1.165) is 32.2 Å². The Balaban J connectivity index is 1.77. The second-order valence-electron chi connectivity index (χ2n) is 5.83. The number of nitrogens with zero attached hydrogens (tertiary/aromatic N) is 2. The molecule has 3 heterocycles. The van der Waals surface area contributed by atoms with Crippen LogP contribution < -0.4 is 5.32 Å². The molecule has 0 aromatic carbocycles. The molecule has 20 heavy (non-hydrogen) atoms. The van der Waals surface area contributed by atoms with Gasteiger partial charge in [0.05, 0.1) is 11.2 Å². The highest BCUT2D eigenvalue weighted by Gasteiger charge is 2.40. The Morgan fingerprint density at radius 1 is 1.45 bits per heavy atom. The van der Waals surface area contributed by atoms with E-state index in [2.05, 4.69) is 10.5 Å². The van der Waals surface area contributed by atoms with E-state index in [1.165, 1.54) is 6.26 Å². The van der Waals surface area contributed by atoms with Crippen LogP contribution in [0.2, 0.25) is 0 Å². The molecule has 3 rings (SSSR count). The summed E-state index contributed by atoms with van der Waals surface area (Å²) in [6, 6.07) is 0. The summed E-state index contributed by atoms with van der Waals surface area (Å²) < 4.78 is 4.84. The fraction of sp³-hybridized carbons (Fsp3) is 0.643. The lowest BCUT2D eigenvalue weighted by molar-refractivity contribution is -0.126. The minimum absolute atomic E-state index is 0.0531. The molecule has 2 amide bonds. The first-order chi connectivity index (χ1) is 9.60. The molecule has 0 aliphatic carbocycles. The molecule has 108 valence electrons. The first kappa shape index (κ1) is 13.1. The molecule has 0 radical (unpaired) electrons. The molecular formula is C14H19N3O3. The van der Waals surface area contributed by atoms with E-state index in [4.69, 9.17) is 4.52 Å². The number of amides is 2. The average molecular weight is 277 g/mol. The zero-order chi connectivity index (χ0) is 14.2. The van der Waals surface area contributed by atoms with Crippen LogP contribution >= 0.6 is 0 Å². The monoisotopic (exact) mass is 277 g/mol. The number of hydrogen-bond donors (Lipinski definition) is 1. The Bertz CT molecular complexity index is 536. The molecule has 6 nitrogen and oxygen atoms in total. The molecule has 1 spiro atoms. The first-order valence-corrected chi connectivity index (χ1v) is 7.11. The third kappa shape index (κ3) is 2.30. The molecule has 6 heteroatoms. The molecular weight excluding hydrogens is 258 g/mol. The predicted molar refractivity (Wildman–Crippen MR) is 71.1 cm³/mol. The molecule has 1 aromatic heterocycles. The number of likely N-dealkylation sites (tertiary alicyclic amines) is 1. The summed E-state index contributed by atoms with van der Waals surface area (Å²) in [5.41, 5.74) is 0.903. The van der Waals surface area contributed by atoms with E-state index in [0.29, 0.717) is 24.2 Å². The lowest BCUT2D eigenvalue weighted by Gasteiger charge is -2.45. The van der Waals surface area contributed by atoms with E-state index in [1.807, 2.05) is 4.90 Å². The largest absolute Gasteiger partial charge is 0.364 e. The second kappa shape index (κ2) is 4.92. The van der Waals surface area contributed by atoms with Crippen LogP contribution in [0.4, 0.5) is 0 Å². The Morgan fingerprint density at radius 2 is 2.25 bits per heavy atom. The van der Waals surface area contributed by atoms with Gasteiger partial charge in [0.2, 0.25) is 5.91 Å². The number of carbonyl (C=O) groups is 2. The van der Waals surface area contributed by atoms with Crippen molar-refractivity contribution in [2.24, 2.45) is 0 Å². The number of aryl methyl sites for hydroxylation is 1. The molecule has 2 fully saturated rings. The van der Waals surface area contributed by atoms with Crippen molar-refractivity contribution in [3.8, 4) is 0 Å². The minimum atomic E-state index is -0.228. The van der Waals surface area contributed by atoms with Crippen molar-refractivity contribution in [3.05, 3.63) is 17.5 Å². The zero-order valence-corrected chi connectivity index (χ0v) is 11.6. The Kier molecular flexibility index (Phi) is 3.23. The molecule has 0 saturated carbocycles. The van der Waals surface area contributed by atoms with Gasteiger partial charge in [-0.1, -0.05) is 5.16 Å². The van der Waals surface area contributed by atoms with Crippen molar-refractivity contribution in [2.45, 2.75) is 44.6 Å². The summed E-state index contributed by atoms with van der Waals surface area (Å²) in [5, 5.41) is 6.86. The number of carbonyl (C=O) groups excluding carboxylic acids is 2. The van der Waals surface area contributed by atoms with Crippen LogP contribution in [-0.4, -0.2) is 40.5 Å². The second-order valence-corrected chi connectivity index (χ2v) is 5.83. The van der Waals surface area contributed by atoms with Crippen molar-refractivity contribution in [1.82, 2.24) is 15.4 Å². The van der Waals surface area contributed by atoms with Gasteiger partial charge >= 0.3 is 0 Å². The van der Waals surface area contributed by atoms with Gasteiger partial charge < -0.3 is 14.7 Å². The zero-order valence-electron chi connectivity index (χ0n) is 11.6. The number of rotatable bonds is 1. The summed E-state index contributed by atoms with van der Waals surface area (Å²) in [5.74, 6) is 0.0503. The average Bonchev–Trinajstić information content (AvgIpc) is 2.84. The SMILES string of the molecule is Cc1nocc1C(=O)N1CCCC2(CCCC(=O)N2)C1. The number of nitrogens with one attached hydrogen (secondary N) is 1. The van der Waals surface area contributed by atoms with Gasteiger partial charge in [-0.05, 0) is 32.6 Å². The van der Waals surface area contributed by atoms with Crippen LogP contribution in [0, 0.1) is 6.92 Å². The van der Waals surface area contributed by atoms with E-state index in [-0.39, 0.29) is 17.4 Å². The van der Waals surface area contributed by atoms with Crippen LogP contribution in [0.1, 0.15) is 48.2 Å². The van der Waals surface area contributed by atoms with E-state index in [9.17, 15) is 9.59 Å². The van der Waals surface area contributed by atoms with Crippen LogP contribution in [-0.2, 0) is 4.79 Å². The summed E-state index contributed by atoms with van der Waals surface area (Å²) >= 11 is 0. The summed E-state index contributed by atoms with van der Waals surface area (Å²) in [7, 11) is 0. The van der Waals surface area contributed by atoms with Gasteiger partial charge in [-0.3, -0.25) is 9.59 Å². The fourth-order valence-corrected chi connectivity index (χ4v) is 3.29. The van der Waals surface area contributed by atoms with Gasteiger partial charge in [0.1, 0.15) is 11.8 Å². The van der Waals surface area contributed by atoms with Gasteiger partial charge in [0.25, 0.3) is 5.91 Å². The van der Waals surface area contributed by atoms with E-state index < -0.39 is 0 Å². The van der Waals surface area contributed by atoms with Crippen molar-refractivity contribution in [1.29, 1.82) is 0 Å². The molecule has 0 bridgehead atoms. The van der Waals surface area contributed by atoms with Crippen molar-refractivity contribution >= 4 is 11.8 Å². The molecule has 2 aliphatic rings. The first-order valence-electron chi connectivity index (χ1n) is 7.11. The van der Waals surface area contributed by atoms with Gasteiger partial charge in [-0.2, -0.15) is 0 Å². The number of piperidine rings is 2. The third-order valence-electron chi connectivity index (χ3n) is 4.31. The van der Waals surface area contributed by atoms with Gasteiger partial charge in [-0.25, -0.2) is 0 Å². The van der Waals surface area contributed by atoms with Crippen LogP contribution in [0.15, 0.2) is 10.8 Å². The van der Waals surface area contributed by atoms with Gasteiger partial charge in [0, 0.05) is 19.5 Å². The standard InChI is InChI=1S/C14H19N3O3/c1-10-11(8-20-16-10)13(19)17-7-3-6-14(9-17)5-2-4-12(18)15-14/h8H,2-7,9H2,1H3,(H,15,18). The summed E-state index contributed by atoms with van der Waals surface area (Å²) in [4.78, 5) is 26.0. The lowest BCUT2D eigenvalue weighted by atomic mass is 9.81. The molecule has 1 atom stereocenters. The normalized spacial score (nSPS) is 26.6. The molecule has 2 saturated heterocycles. The Morgan fingerprint density at radius 3 is 2.95 bits per heavy atom. The maximum absolute atomic E-state index is 12.5. The van der Waals surface area contributed by atoms with Crippen LogP contribution in [0.3, 0.4) is 0 Å². The lowest BCUT2D eigenvalue weighted by Crippen LogP contribution is -2.61. The van der Waals surface area contributed by atoms with Crippen LogP contribution in [0.25, 0.3) is 0 Å². The fourth-order valence-electron chi connectivity index (χ4n) is 3.29. The van der Waals surface area contributed by atoms with Gasteiger partial charge in [-0.15, -0.1) is 0 Å². The Labute approximate surface area is 117 Å².